The number of carbonyl (C=O) groups excluding carboxylic acids is 1. The molecule has 0 saturated carbocycles. The number of hydrogen-bond donors (Lipinski definition) is 2. The molecule has 4 rings (SSSR count). The van der Waals surface area contributed by atoms with Crippen molar-refractivity contribution in [2.75, 3.05) is 6.54 Å². The third-order valence-corrected chi connectivity index (χ3v) is 6.05. The van der Waals surface area contributed by atoms with Gasteiger partial charge in [-0.1, -0.05) is 48.0 Å². The first-order valence-corrected chi connectivity index (χ1v) is 11.8. The lowest BCUT2D eigenvalue weighted by Gasteiger charge is -2.16. The first-order chi connectivity index (χ1) is 16.9. The SMILES string of the molecule is CC1OC(Cc2ccccc2CCC(=O)O)C(c2nc(C(=O)NCCc3ccc(Cl)cc3)co2)O1. The van der Waals surface area contributed by atoms with Crippen LogP contribution in [0.3, 0.4) is 0 Å². The summed E-state index contributed by atoms with van der Waals surface area (Å²) in [6, 6.07) is 15.1. The maximum Gasteiger partial charge on any atom is 0.303 e. The van der Waals surface area contributed by atoms with Gasteiger partial charge in [0.15, 0.2) is 18.1 Å². The number of carbonyl (C=O) groups is 2. The van der Waals surface area contributed by atoms with Crippen molar-refractivity contribution in [3.8, 4) is 0 Å². The number of hydrogen-bond acceptors (Lipinski definition) is 6. The van der Waals surface area contributed by atoms with E-state index in [-0.39, 0.29) is 23.9 Å². The number of amides is 1. The average molecular weight is 499 g/mol. The molecule has 2 N–H and O–H groups in total. The summed E-state index contributed by atoms with van der Waals surface area (Å²) in [6.45, 7) is 2.23. The third-order valence-electron chi connectivity index (χ3n) is 5.80. The Labute approximate surface area is 208 Å². The fraction of sp³-hybridized carbons (Fsp3) is 0.346. The zero-order valence-corrected chi connectivity index (χ0v) is 20.0. The number of rotatable bonds is 10. The molecular weight excluding hydrogens is 472 g/mol. The Hall–Kier alpha value is -3.20. The van der Waals surface area contributed by atoms with E-state index in [1.807, 2.05) is 48.5 Å². The minimum atomic E-state index is -0.842. The number of aromatic nitrogens is 1. The van der Waals surface area contributed by atoms with Crippen LogP contribution in [0.5, 0.6) is 0 Å². The third kappa shape index (κ3) is 6.69. The van der Waals surface area contributed by atoms with Crippen LogP contribution in [-0.2, 0) is 33.5 Å². The average Bonchev–Trinajstić information content (AvgIpc) is 3.46. The highest BCUT2D eigenvalue weighted by atomic mass is 35.5. The van der Waals surface area contributed by atoms with Gasteiger partial charge >= 0.3 is 5.97 Å². The van der Waals surface area contributed by atoms with Gasteiger partial charge in [0.2, 0.25) is 5.89 Å². The molecule has 184 valence electrons. The molecule has 3 aromatic rings. The van der Waals surface area contributed by atoms with Gasteiger partial charge in [-0.05, 0) is 48.6 Å². The topological polar surface area (TPSA) is 111 Å². The molecule has 0 radical (unpaired) electrons. The summed E-state index contributed by atoms with van der Waals surface area (Å²) in [5.41, 5.74) is 3.16. The quantitative estimate of drug-likeness (QED) is 0.427. The molecule has 9 heteroatoms. The highest BCUT2D eigenvalue weighted by Gasteiger charge is 2.39. The largest absolute Gasteiger partial charge is 0.481 e. The number of nitrogens with zero attached hydrogens (tertiary/aromatic N) is 1. The molecule has 0 aliphatic carbocycles. The fourth-order valence-electron chi connectivity index (χ4n) is 4.06. The normalized spacial score (nSPS) is 19.5. The van der Waals surface area contributed by atoms with Crippen LogP contribution in [0.2, 0.25) is 5.02 Å². The predicted molar refractivity (Wildman–Crippen MR) is 128 cm³/mol. The molecule has 1 aromatic heterocycles. The van der Waals surface area contributed by atoms with E-state index < -0.39 is 24.5 Å². The lowest BCUT2D eigenvalue weighted by Crippen LogP contribution is -2.26. The smallest absolute Gasteiger partial charge is 0.303 e. The highest BCUT2D eigenvalue weighted by molar-refractivity contribution is 6.30. The van der Waals surface area contributed by atoms with Gasteiger partial charge in [0, 0.05) is 24.4 Å². The van der Waals surface area contributed by atoms with Crippen LogP contribution in [0.25, 0.3) is 0 Å². The molecule has 35 heavy (non-hydrogen) atoms. The predicted octanol–water partition coefficient (Wildman–Crippen LogP) is 4.36. The van der Waals surface area contributed by atoms with Gasteiger partial charge < -0.3 is 24.3 Å². The van der Waals surface area contributed by atoms with Gasteiger partial charge in [-0.15, -0.1) is 0 Å². The van der Waals surface area contributed by atoms with Crippen molar-refractivity contribution >= 4 is 23.5 Å². The number of carboxylic acids is 1. The Morgan fingerprint density at radius 2 is 1.80 bits per heavy atom. The molecule has 1 aliphatic heterocycles. The number of oxazole rings is 1. The van der Waals surface area contributed by atoms with Crippen LogP contribution < -0.4 is 5.32 Å². The number of carboxylic acid groups (broad SMARTS) is 1. The maximum atomic E-state index is 12.6. The lowest BCUT2D eigenvalue weighted by molar-refractivity contribution is -0.136. The monoisotopic (exact) mass is 498 g/mol. The highest BCUT2D eigenvalue weighted by Crippen LogP contribution is 2.34. The van der Waals surface area contributed by atoms with E-state index in [0.717, 1.165) is 16.7 Å². The van der Waals surface area contributed by atoms with E-state index in [1.54, 1.807) is 6.92 Å². The second kappa shape index (κ2) is 11.5. The number of halogens is 1. The van der Waals surface area contributed by atoms with Gasteiger partial charge in [-0.3, -0.25) is 9.59 Å². The number of aliphatic carboxylic acids is 1. The summed E-state index contributed by atoms with van der Waals surface area (Å²) < 4.78 is 17.5. The van der Waals surface area contributed by atoms with Crippen molar-refractivity contribution in [2.24, 2.45) is 0 Å². The van der Waals surface area contributed by atoms with E-state index in [9.17, 15) is 9.59 Å². The van der Waals surface area contributed by atoms with Crippen LogP contribution in [0.15, 0.2) is 59.2 Å². The van der Waals surface area contributed by atoms with Gasteiger partial charge in [0.1, 0.15) is 6.26 Å². The summed E-state index contributed by atoms with van der Waals surface area (Å²) in [7, 11) is 0. The summed E-state index contributed by atoms with van der Waals surface area (Å²) in [6.07, 6.45) is 1.50. The fourth-order valence-corrected chi connectivity index (χ4v) is 4.19. The van der Waals surface area contributed by atoms with Crippen molar-refractivity contribution in [3.05, 3.63) is 88.1 Å². The Morgan fingerprint density at radius 1 is 1.06 bits per heavy atom. The minimum Gasteiger partial charge on any atom is -0.481 e. The van der Waals surface area contributed by atoms with Crippen molar-refractivity contribution in [1.29, 1.82) is 0 Å². The Kier molecular flexibility index (Phi) is 8.17. The van der Waals surface area contributed by atoms with Crippen LogP contribution in [0.4, 0.5) is 0 Å². The molecule has 8 nitrogen and oxygen atoms in total. The second-order valence-corrected chi connectivity index (χ2v) is 8.81. The van der Waals surface area contributed by atoms with Crippen molar-refractivity contribution in [3.63, 3.8) is 0 Å². The van der Waals surface area contributed by atoms with Crippen LogP contribution in [0.1, 0.15) is 52.5 Å². The van der Waals surface area contributed by atoms with Gasteiger partial charge in [-0.25, -0.2) is 4.98 Å². The number of nitrogens with one attached hydrogen (secondary N) is 1. The number of aryl methyl sites for hydroxylation is 1. The Balaban J connectivity index is 1.38. The standard InChI is InChI=1S/C26H27ClN2O6/c1-16-34-22(14-19-5-3-2-4-18(19)8-11-23(30)31)24(35-16)26-29-21(15-33-26)25(32)28-13-12-17-6-9-20(27)10-7-17/h2-7,9-10,15-16,22,24H,8,11-14H2,1H3,(H,28,32)(H,30,31). The molecule has 1 saturated heterocycles. The minimum absolute atomic E-state index is 0.0507. The van der Waals surface area contributed by atoms with Crippen molar-refractivity contribution in [2.45, 2.75) is 51.1 Å². The molecule has 1 amide bonds. The van der Waals surface area contributed by atoms with Gasteiger partial charge in [0.25, 0.3) is 5.91 Å². The molecular formula is C26H27ClN2O6. The molecule has 3 atom stereocenters. The zero-order chi connectivity index (χ0) is 24.8. The van der Waals surface area contributed by atoms with Gasteiger partial charge in [0.05, 0.1) is 6.10 Å². The van der Waals surface area contributed by atoms with Gasteiger partial charge in [-0.2, -0.15) is 0 Å². The van der Waals surface area contributed by atoms with Crippen LogP contribution in [0, 0.1) is 0 Å². The van der Waals surface area contributed by atoms with E-state index in [2.05, 4.69) is 10.3 Å². The summed E-state index contributed by atoms with van der Waals surface area (Å²) in [4.78, 5) is 27.9. The molecule has 2 aromatic carbocycles. The Morgan fingerprint density at radius 3 is 2.54 bits per heavy atom. The first-order valence-electron chi connectivity index (χ1n) is 11.5. The first kappa shape index (κ1) is 24.9. The maximum absolute atomic E-state index is 12.6. The molecule has 2 heterocycles. The summed E-state index contributed by atoms with van der Waals surface area (Å²) in [5, 5.41) is 12.6. The summed E-state index contributed by atoms with van der Waals surface area (Å²) in [5.74, 6) is -0.910. The molecule has 1 aliphatic rings. The molecule has 1 fully saturated rings. The zero-order valence-electron chi connectivity index (χ0n) is 19.3. The van der Waals surface area contributed by atoms with E-state index in [0.29, 0.717) is 30.8 Å². The van der Waals surface area contributed by atoms with Crippen LogP contribution in [-0.4, -0.2) is 40.9 Å². The summed E-state index contributed by atoms with van der Waals surface area (Å²) >= 11 is 5.90. The van der Waals surface area contributed by atoms with E-state index in [4.69, 9.17) is 30.6 Å². The molecule has 0 spiro atoms. The van der Waals surface area contributed by atoms with Crippen LogP contribution >= 0.6 is 11.6 Å². The van der Waals surface area contributed by atoms with E-state index in [1.165, 1.54) is 6.26 Å². The number of benzene rings is 2. The Bertz CT molecular complexity index is 1160. The van der Waals surface area contributed by atoms with Crippen molar-refractivity contribution in [1.82, 2.24) is 10.3 Å². The second-order valence-electron chi connectivity index (χ2n) is 8.37. The van der Waals surface area contributed by atoms with Crippen molar-refractivity contribution < 1.29 is 28.6 Å². The lowest BCUT2D eigenvalue weighted by atomic mass is 9.96. The van der Waals surface area contributed by atoms with E-state index >= 15 is 0 Å². The molecule has 3 unspecified atom stereocenters. The number of ether oxygens (including phenoxy) is 2. The molecule has 0 bridgehead atoms.